The summed E-state index contributed by atoms with van der Waals surface area (Å²) in [6.07, 6.45) is 6.69. The lowest BCUT2D eigenvalue weighted by Crippen LogP contribution is -2.63. The lowest BCUT2D eigenvalue weighted by Gasteiger charge is -2.37. The van der Waals surface area contributed by atoms with Crippen molar-refractivity contribution in [3.63, 3.8) is 0 Å². The van der Waals surface area contributed by atoms with E-state index in [0.29, 0.717) is 25.8 Å². The molecule has 1 heterocycles. The maximum atomic E-state index is 14.7. The number of carbonyl (C=O) groups is 5. The lowest BCUT2D eigenvalue weighted by molar-refractivity contribution is -0.162. The molecule has 1 saturated heterocycles. The number of hydrogen-bond donors (Lipinski definition) is 5. The molecule has 0 spiro atoms. The fourth-order valence-electron chi connectivity index (χ4n) is 7.87. The molecular formula is C38H65N5O7. The smallest absolute Gasteiger partial charge is 0.327 e. The number of unbranched alkanes of at least 4 members (excludes halogenated alkanes) is 1. The summed E-state index contributed by atoms with van der Waals surface area (Å²) in [4.78, 5) is 69.6. The van der Waals surface area contributed by atoms with Crippen LogP contribution < -0.4 is 21.3 Å². The highest BCUT2D eigenvalue weighted by atomic mass is 16.6. The van der Waals surface area contributed by atoms with Gasteiger partial charge in [0, 0.05) is 13.1 Å². The molecule has 5 N–H and O–H groups in total. The Morgan fingerprint density at radius 3 is 2.20 bits per heavy atom. The number of nitrogens with one attached hydrogen (secondary N) is 4. The summed E-state index contributed by atoms with van der Waals surface area (Å²) in [6, 6.07) is -2.70. The zero-order chi connectivity index (χ0) is 37.6. The van der Waals surface area contributed by atoms with Gasteiger partial charge in [0.05, 0.1) is 12.1 Å². The minimum Gasteiger partial charge on any atom is -0.459 e. The van der Waals surface area contributed by atoms with Crippen molar-refractivity contribution >= 4 is 29.5 Å². The van der Waals surface area contributed by atoms with Crippen molar-refractivity contribution in [1.82, 2.24) is 26.2 Å². The Kier molecular flexibility index (Phi) is 14.2. The van der Waals surface area contributed by atoms with Gasteiger partial charge in [-0.1, -0.05) is 79.7 Å². The number of rotatable bonds is 17. The molecule has 4 unspecified atom stereocenters. The van der Waals surface area contributed by atoms with Crippen LogP contribution in [-0.2, 0) is 28.7 Å². The minimum absolute atomic E-state index is 0.0361. The molecule has 3 fully saturated rings. The van der Waals surface area contributed by atoms with Gasteiger partial charge >= 0.3 is 5.97 Å². The summed E-state index contributed by atoms with van der Waals surface area (Å²) in [5.74, 6) is -2.75. The average molecular weight is 704 g/mol. The molecule has 12 heteroatoms. The fourth-order valence-corrected chi connectivity index (χ4v) is 7.87. The number of likely N-dealkylation sites (tertiary alicyclic amines) is 1. The Morgan fingerprint density at radius 2 is 1.68 bits per heavy atom. The van der Waals surface area contributed by atoms with Crippen molar-refractivity contribution in [3.05, 3.63) is 12.7 Å². The number of aliphatic hydroxyl groups is 1. The lowest BCUT2D eigenvalue weighted by atomic mass is 9.83. The SMILES string of the molecule is C=CCNC(=O)C(=O)C(CCCC)NC(=O)[C@@H]1C[C@@H](C(C)C)CN1C(=O)[C@@H](NC(O)NC1(C(=O)OC(C)(C)C)C(C)C1(C)C)C1CCCCC1. The molecule has 2 aliphatic carbocycles. The van der Waals surface area contributed by atoms with Gasteiger partial charge in [-0.3, -0.25) is 29.8 Å². The van der Waals surface area contributed by atoms with E-state index in [1.54, 1.807) is 25.7 Å². The molecule has 284 valence electrons. The molecule has 0 bridgehead atoms. The molecule has 0 radical (unpaired) electrons. The Labute approximate surface area is 299 Å². The molecule has 12 nitrogen and oxygen atoms in total. The number of nitrogens with zero attached hydrogens (tertiary/aromatic N) is 1. The third-order valence-electron chi connectivity index (χ3n) is 11.4. The second-order valence-electron chi connectivity index (χ2n) is 16.7. The zero-order valence-corrected chi connectivity index (χ0v) is 32.0. The summed E-state index contributed by atoms with van der Waals surface area (Å²) in [5, 5.41) is 23.2. The van der Waals surface area contributed by atoms with Crippen molar-refractivity contribution in [2.45, 2.75) is 156 Å². The van der Waals surface area contributed by atoms with Crippen LogP contribution in [0, 0.1) is 29.1 Å². The van der Waals surface area contributed by atoms with Crippen molar-refractivity contribution in [1.29, 1.82) is 0 Å². The van der Waals surface area contributed by atoms with E-state index in [-0.39, 0.29) is 36.1 Å². The van der Waals surface area contributed by atoms with E-state index >= 15 is 0 Å². The third kappa shape index (κ3) is 9.53. The van der Waals surface area contributed by atoms with Gasteiger partial charge in [-0.05, 0) is 75.5 Å². The molecule has 50 heavy (non-hydrogen) atoms. The highest BCUT2D eigenvalue weighted by Gasteiger charge is 2.75. The highest BCUT2D eigenvalue weighted by Crippen LogP contribution is 2.62. The van der Waals surface area contributed by atoms with Crippen LogP contribution in [0.15, 0.2) is 12.7 Å². The van der Waals surface area contributed by atoms with Crippen LogP contribution in [0.25, 0.3) is 0 Å². The van der Waals surface area contributed by atoms with Crippen molar-refractivity contribution in [3.8, 4) is 0 Å². The Bertz CT molecular complexity index is 1240. The number of aliphatic hydroxyl groups excluding tert-OH is 1. The molecule has 7 atom stereocenters. The van der Waals surface area contributed by atoms with E-state index in [1.807, 2.05) is 27.7 Å². The van der Waals surface area contributed by atoms with E-state index in [9.17, 15) is 29.1 Å². The van der Waals surface area contributed by atoms with Gasteiger partial charge in [0.1, 0.15) is 17.2 Å². The number of carbonyl (C=O) groups excluding carboxylic acids is 5. The summed E-state index contributed by atoms with van der Waals surface area (Å²) >= 11 is 0. The zero-order valence-electron chi connectivity index (χ0n) is 32.0. The first-order valence-corrected chi connectivity index (χ1v) is 18.8. The summed E-state index contributed by atoms with van der Waals surface area (Å²) < 4.78 is 5.79. The molecule has 3 amide bonds. The van der Waals surface area contributed by atoms with E-state index in [2.05, 4.69) is 41.7 Å². The van der Waals surface area contributed by atoms with Crippen molar-refractivity contribution in [2.75, 3.05) is 13.1 Å². The Morgan fingerprint density at radius 1 is 1.06 bits per heavy atom. The van der Waals surface area contributed by atoms with Crippen LogP contribution in [0.2, 0.25) is 0 Å². The predicted octanol–water partition coefficient (Wildman–Crippen LogP) is 3.57. The number of esters is 1. The van der Waals surface area contributed by atoms with Crippen molar-refractivity contribution < 1.29 is 33.8 Å². The van der Waals surface area contributed by atoms with E-state index in [1.165, 1.54) is 6.08 Å². The van der Waals surface area contributed by atoms with Crippen LogP contribution in [0.5, 0.6) is 0 Å². The minimum atomic E-state index is -1.41. The molecule has 3 aliphatic rings. The topological polar surface area (TPSA) is 166 Å². The molecule has 2 saturated carbocycles. The highest BCUT2D eigenvalue weighted by molar-refractivity contribution is 6.38. The normalized spacial score (nSPS) is 26.9. The second kappa shape index (κ2) is 17.1. The maximum Gasteiger partial charge on any atom is 0.327 e. The Hall–Kier alpha value is -2.83. The average Bonchev–Trinajstić information content (AvgIpc) is 3.34. The number of hydrogen-bond acceptors (Lipinski definition) is 9. The van der Waals surface area contributed by atoms with Crippen LogP contribution in [0.1, 0.15) is 120 Å². The van der Waals surface area contributed by atoms with Gasteiger partial charge in [-0.15, -0.1) is 6.58 Å². The maximum absolute atomic E-state index is 14.7. The second-order valence-corrected chi connectivity index (χ2v) is 16.7. The largest absolute Gasteiger partial charge is 0.459 e. The van der Waals surface area contributed by atoms with Gasteiger partial charge < -0.3 is 25.4 Å². The number of ether oxygens (including phenoxy) is 1. The van der Waals surface area contributed by atoms with Crippen LogP contribution in [0.4, 0.5) is 0 Å². The van der Waals surface area contributed by atoms with Crippen LogP contribution >= 0.6 is 0 Å². The van der Waals surface area contributed by atoms with Crippen LogP contribution in [-0.4, -0.2) is 88.2 Å². The summed E-state index contributed by atoms with van der Waals surface area (Å²) in [5.41, 5.74) is -2.40. The number of Topliss-reactive ketones (excluding diaryl/α,β-unsaturated/α-hetero) is 1. The van der Waals surface area contributed by atoms with Gasteiger partial charge in [-0.25, -0.2) is 4.79 Å². The summed E-state index contributed by atoms with van der Waals surface area (Å²) in [7, 11) is 0. The van der Waals surface area contributed by atoms with Crippen molar-refractivity contribution in [2.24, 2.45) is 29.1 Å². The monoisotopic (exact) mass is 703 g/mol. The van der Waals surface area contributed by atoms with E-state index in [4.69, 9.17) is 4.74 Å². The first-order chi connectivity index (χ1) is 23.3. The van der Waals surface area contributed by atoms with Gasteiger partial charge in [0.15, 0.2) is 6.35 Å². The Balaban J connectivity index is 1.89. The molecular weight excluding hydrogens is 638 g/mol. The molecule has 0 aromatic carbocycles. The van der Waals surface area contributed by atoms with Gasteiger partial charge in [-0.2, -0.15) is 0 Å². The molecule has 0 aromatic rings. The molecule has 3 rings (SSSR count). The third-order valence-corrected chi connectivity index (χ3v) is 11.4. The quantitative estimate of drug-likeness (QED) is 0.0659. The van der Waals surface area contributed by atoms with E-state index in [0.717, 1.165) is 38.5 Å². The first kappa shape index (κ1) is 41.6. The van der Waals surface area contributed by atoms with Gasteiger partial charge in [0.25, 0.3) is 5.91 Å². The predicted molar refractivity (Wildman–Crippen MR) is 192 cm³/mol. The standard InChI is InChI=1S/C38H65N5O7/c1-11-13-19-27(30(44)32(46)39-20-12-2)40-31(45)28-21-26(23(3)4)22-43(28)33(47)29(25-17-15-14-16-18-25)41-35(49)42-38(24(5)37(38,9)10)34(48)50-36(6,7)8/h12,23-29,35,41-42,49H,2,11,13-22H2,1,3-10H3,(H,39,46)(H,40,45)/t24?,26-,27?,28+,29+,35?,38?/m1/s1. The fraction of sp³-hybridized carbons (Fsp3) is 0.816. The number of ketones is 1. The summed E-state index contributed by atoms with van der Waals surface area (Å²) in [6.45, 7) is 21.4. The first-order valence-electron chi connectivity index (χ1n) is 18.8. The molecule has 0 aromatic heterocycles. The molecule has 1 aliphatic heterocycles. The van der Waals surface area contributed by atoms with Crippen LogP contribution in [0.3, 0.4) is 0 Å². The van der Waals surface area contributed by atoms with Gasteiger partial charge in [0.2, 0.25) is 17.6 Å². The van der Waals surface area contributed by atoms with E-state index < -0.39 is 64.6 Å². The number of amides is 3.